The fourth-order valence-corrected chi connectivity index (χ4v) is 6.36. The maximum absolute atomic E-state index is 14.1. The van der Waals surface area contributed by atoms with Crippen molar-refractivity contribution in [1.29, 1.82) is 0 Å². The van der Waals surface area contributed by atoms with Gasteiger partial charge in [0.05, 0.1) is 42.7 Å². The lowest BCUT2D eigenvalue weighted by molar-refractivity contribution is -0.139. The van der Waals surface area contributed by atoms with Crippen LogP contribution in [-0.4, -0.2) is 35.9 Å². The first-order valence-electron chi connectivity index (χ1n) is 13.0. The lowest BCUT2D eigenvalue weighted by Crippen LogP contribution is -2.40. The van der Waals surface area contributed by atoms with E-state index in [1.807, 2.05) is 56.3 Å². The normalized spacial score (nSPS) is 15.0. The molecule has 0 N–H and O–H groups in total. The van der Waals surface area contributed by atoms with E-state index in [9.17, 15) is 9.59 Å². The molecular formula is C31H30ClN3O5S. The molecule has 0 aliphatic carbocycles. The van der Waals surface area contributed by atoms with Crippen molar-refractivity contribution in [2.75, 3.05) is 20.8 Å². The summed E-state index contributed by atoms with van der Waals surface area (Å²) >= 11 is 7.38. The van der Waals surface area contributed by atoms with Crippen LogP contribution in [0.3, 0.4) is 0 Å². The second-order valence-corrected chi connectivity index (χ2v) is 11.0. The third-order valence-electron chi connectivity index (χ3n) is 7.08. The number of aromatic nitrogens is 2. The third-order valence-corrected chi connectivity index (χ3v) is 8.32. The summed E-state index contributed by atoms with van der Waals surface area (Å²) in [6, 6.07) is 14.3. The molecule has 41 heavy (non-hydrogen) atoms. The van der Waals surface area contributed by atoms with Crippen LogP contribution >= 0.6 is 22.9 Å². The number of halogens is 1. The van der Waals surface area contributed by atoms with Crippen molar-refractivity contribution in [2.24, 2.45) is 4.99 Å². The Labute approximate surface area is 246 Å². The summed E-state index contributed by atoms with van der Waals surface area (Å²) in [6.07, 6.45) is 1.88. The first-order chi connectivity index (χ1) is 19.7. The van der Waals surface area contributed by atoms with Crippen LogP contribution in [-0.2, 0) is 9.53 Å². The number of carbonyl (C=O) groups excluding carboxylic acids is 1. The number of hydrogen-bond donors (Lipinski definition) is 0. The summed E-state index contributed by atoms with van der Waals surface area (Å²) in [7, 11) is 3.10. The molecule has 0 bridgehead atoms. The summed E-state index contributed by atoms with van der Waals surface area (Å²) in [5.74, 6) is 0.507. The van der Waals surface area contributed by atoms with Crippen molar-refractivity contribution in [3.05, 3.63) is 107 Å². The Kier molecular flexibility index (Phi) is 7.93. The number of allylic oxidation sites excluding steroid dienone is 1. The largest absolute Gasteiger partial charge is 0.493 e. The summed E-state index contributed by atoms with van der Waals surface area (Å²) in [4.78, 5) is 32.4. The average molecular weight is 592 g/mol. The highest BCUT2D eigenvalue weighted by Gasteiger charge is 2.34. The Morgan fingerprint density at radius 2 is 1.76 bits per heavy atom. The molecule has 0 fully saturated rings. The van der Waals surface area contributed by atoms with E-state index in [0.717, 1.165) is 22.6 Å². The Morgan fingerprint density at radius 1 is 1.05 bits per heavy atom. The Balaban J connectivity index is 1.70. The molecule has 0 radical (unpaired) electrons. The Hall–Kier alpha value is -4.08. The van der Waals surface area contributed by atoms with E-state index in [1.54, 1.807) is 44.8 Å². The summed E-state index contributed by atoms with van der Waals surface area (Å²) < 4.78 is 20.5. The van der Waals surface area contributed by atoms with Crippen LogP contribution in [0, 0.1) is 13.8 Å². The highest BCUT2D eigenvalue weighted by atomic mass is 35.5. The smallest absolute Gasteiger partial charge is 0.338 e. The zero-order valence-electron chi connectivity index (χ0n) is 23.6. The molecular weight excluding hydrogens is 562 g/mol. The molecule has 0 saturated carbocycles. The molecule has 2 aromatic carbocycles. The number of aryl methyl sites for hydroxylation is 1. The quantitative estimate of drug-likeness (QED) is 0.286. The van der Waals surface area contributed by atoms with Gasteiger partial charge in [0.25, 0.3) is 5.56 Å². The topological polar surface area (TPSA) is 84.1 Å². The molecule has 0 amide bonds. The van der Waals surface area contributed by atoms with E-state index in [1.165, 1.54) is 11.3 Å². The van der Waals surface area contributed by atoms with Gasteiger partial charge in [0, 0.05) is 22.1 Å². The molecule has 5 rings (SSSR count). The second-order valence-electron chi connectivity index (χ2n) is 9.55. The van der Waals surface area contributed by atoms with Gasteiger partial charge in [0.15, 0.2) is 16.3 Å². The van der Waals surface area contributed by atoms with Crippen molar-refractivity contribution in [3.8, 4) is 17.2 Å². The van der Waals surface area contributed by atoms with Gasteiger partial charge >= 0.3 is 5.97 Å². The van der Waals surface area contributed by atoms with Gasteiger partial charge < -0.3 is 18.8 Å². The van der Waals surface area contributed by atoms with Gasteiger partial charge in [-0.2, -0.15) is 0 Å². The zero-order valence-corrected chi connectivity index (χ0v) is 25.2. The van der Waals surface area contributed by atoms with Crippen LogP contribution in [0.2, 0.25) is 5.02 Å². The van der Waals surface area contributed by atoms with Crippen molar-refractivity contribution < 1.29 is 19.0 Å². The molecule has 212 valence electrons. The molecule has 10 heteroatoms. The molecule has 3 heterocycles. The van der Waals surface area contributed by atoms with E-state index >= 15 is 0 Å². The number of ether oxygens (including phenoxy) is 3. The molecule has 0 spiro atoms. The molecule has 0 saturated heterocycles. The van der Waals surface area contributed by atoms with Gasteiger partial charge in [-0.15, -0.1) is 0 Å². The number of rotatable bonds is 7. The number of benzene rings is 2. The van der Waals surface area contributed by atoms with E-state index in [2.05, 4.69) is 9.56 Å². The van der Waals surface area contributed by atoms with Gasteiger partial charge in [-0.25, -0.2) is 9.79 Å². The van der Waals surface area contributed by atoms with Crippen molar-refractivity contribution in [2.45, 2.75) is 33.7 Å². The number of thiazole rings is 1. The fourth-order valence-electron chi connectivity index (χ4n) is 5.19. The number of nitrogens with zero attached hydrogens (tertiary/aromatic N) is 3. The minimum Gasteiger partial charge on any atom is -0.493 e. The van der Waals surface area contributed by atoms with Crippen LogP contribution in [0.25, 0.3) is 11.8 Å². The van der Waals surface area contributed by atoms with Gasteiger partial charge in [-0.3, -0.25) is 9.36 Å². The first kappa shape index (κ1) is 28.4. The van der Waals surface area contributed by atoms with Gasteiger partial charge in [0.2, 0.25) is 0 Å². The SMILES string of the molecule is CCOC(=O)C1=C(C)N=c2s/c(=C\c3cc(C)n(-c4ccc(Cl)cc4)c3C)c(=O)n2[C@@H]1c1ccc(OC)c(OC)c1. The number of carbonyl (C=O) groups is 1. The minimum absolute atomic E-state index is 0.196. The van der Waals surface area contributed by atoms with Crippen LogP contribution in [0.1, 0.15) is 42.4 Å². The number of hydrogen-bond acceptors (Lipinski definition) is 7. The number of methoxy groups -OCH3 is 2. The zero-order chi connectivity index (χ0) is 29.4. The molecule has 4 aromatic rings. The van der Waals surface area contributed by atoms with Gasteiger partial charge in [-0.1, -0.05) is 29.0 Å². The standard InChI is InChI=1S/C31H30ClN3O5S/c1-7-40-30(37)27-18(3)33-31-35(28(27)20-8-13-24(38-5)25(15-20)39-6)29(36)26(41-31)16-21-14-17(2)34(19(21)4)23-11-9-22(32)10-12-23/h8-16,28H,7H2,1-6H3/b26-16-/t28-/m1/s1. The van der Waals surface area contributed by atoms with Crippen molar-refractivity contribution in [1.82, 2.24) is 9.13 Å². The van der Waals surface area contributed by atoms with Gasteiger partial charge in [-0.05, 0) is 87.4 Å². The van der Waals surface area contributed by atoms with E-state index in [4.69, 9.17) is 25.8 Å². The van der Waals surface area contributed by atoms with Crippen LogP contribution in [0.4, 0.5) is 0 Å². The maximum Gasteiger partial charge on any atom is 0.338 e. The molecule has 2 aromatic heterocycles. The van der Waals surface area contributed by atoms with E-state index in [0.29, 0.717) is 42.7 Å². The average Bonchev–Trinajstić information content (AvgIpc) is 3.41. The van der Waals surface area contributed by atoms with Crippen LogP contribution < -0.4 is 24.4 Å². The highest BCUT2D eigenvalue weighted by Crippen LogP contribution is 2.36. The van der Waals surface area contributed by atoms with Crippen molar-refractivity contribution >= 4 is 35.0 Å². The van der Waals surface area contributed by atoms with Gasteiger partial charge in [0.1, 0.15) is 0 Å². The van der Waals surface area contributed by atoms with E-state index in [-0.39, 0.29) is 12.2 Å². The summed E-state index contributed by atoms with van der Waals surface area (Å²) in [5, 5.41) is 0.666. The molecule has 0 unspecified atom stereocenters. The maximum atomic E-state index is 14.1. The predicted molar refractivity (Wildman–Crippen MR) is 160 cm³/mol. The van der Waals surface area contributed by atoms with Crippen LogP contribution in [0.15, 0.2) is 69.6 Å². The van der Waals surface area contributed by atoms with E-state index < -0.39 is 12.0 Å². The Bertz CT molecular complexity index is 1860. The van der Waals surface area contributed by atoms with Crippen LogP contribution in [0.5, 0.6) is 11.5 Å². The summed E-state index contributed by atoms with van der Waals surface area (Å²) in [5.41, 5.74) is 5.12. The molecule has 1 aliphatic heterocycles. The summed E-state index contributed by atoms with van der Waals surface area (Å²) in [6.45, 7) is 7.74. The first-order valence-corrected chi connectivity index (χ1v) is 14.2. The second kappa shape index (κ2) is 11.4. The number of esters is 1. The Morgan fingerprint density at radius 3 is 2.41 bits per heavy atom. The molecule has 8 nitrogen and oxygen atoms in total. The predicted octanol–water partition coefficient (Wildman–Crippen LogP) is 4.88. The monoisotopic (exact) mass is 591 g/mol. The molecule has 1 atom stereocenters. The minimum atomic E-state index is -0.756. The molecule has 1 aliphatic rings. The highest BCUT2D eigenvalue weighted by molar-refractivity contribution is 7.07. The fraction of sp³-hybridized carbons (Fsp3) is 0.258. The lowest BCUT2D eigenvalue weighted by Gasteiger charge is -2.25. The lowest BCUT2D eigenvalue weighted by atomic mass is 9.95. The number of fused-ring (bicyclic) bond motifs is 1. The third kappa shape index (κ3) is 5.11. The van der Waals surface area contributed by atoms with Crippen molar-refractivity contribution in [3.63, 3.8) is 0 Å².